The predicted octanol–water partition coefficient (Wildman–Crippen LogP) is 3.87. The summed E-state index contributed by atoms with van der Waals surface area (Å²) in [5, 5.41) is 2.89. The van der Waals surface area contributed by atoms with Gasteiger partial charge in [0, 0.05) is 30.8 Å². The molecular formula is C23H26N2O4. The molecule has 2 heterocycles. The van der Waals surface area contributed by atoms with E-state index < -0.39 is 0 Å². The zero-order valence-electron chi connectivity index (χ0n) is 16.4. The van der Waals surface area contributed by atoms with Crippen LogP contribution in [-0.4, -0.2) is 42.5 Å². The lowest BCUT2D eigenvalue weighted by Gasteiger charge is -2.26. The summed E-state index contributed by atoms with van der Waals surface area (Å²) in [6, 6.07) is 14.7. The summed E-state index contributed by atoms with van der Waals surface area (Å²) < 4.78 is 11.6. The van der Waals surface area contributed by atoms with Crippen LogP contribution in [0.25, 0.3) is 0 Å². The highest BCUT2D eigenvalue weighted by atomic mass is 16.6. The normalized spacial score (nSPS) is 18.2. The second-order valence-corrected chi connectivity index (χ2v) is 7.51. The molecule has 0 aromatic heterocycles. The quantitative estimate of drug-likeness (QED) is 0.836. The van der Waals surface area contributed by atoms with Gasteiger partial charge < -0.3 is 19.7 Å². The number of anilines is 1. The van der Waals surface area contributed by atoms with Crippen molar-refractivity contribution in [3.8, 4) is 11.5 Å². The maximum absolute atomic E-state index is 12.5. The van der Waals surface area contributed by atoms with Gasteiger partial charge in [0.05, 0.1) is 0 Å². The number of para-hydroxylation sites is 2. The number of nitrogens with one attached hydrogen (secondary N) is 1. The standard InChI is InChI=1S/C23H26N2O4/c26-22(13-12-19-16-28-20-6-2-3-7-21(20)29-19)24-18-10-8-17(9-11-18)23(27)25-14-4-1-5-15-25/h2-3,6-11,19H,1,4-5,12-16H2,(H,24,26)/t19-/m0/s1. The van der Waals surface area contributed by atoms with Gasteiger partial charge in [-0.05, 0) is 62.1 Å². The number of benzene rings is 2. The first-order valence-electron chi connectivity index (χ1n) is 10.3. The summed E-state index contributed by atoms with van der Waals surface area (Å²) in [6.07, 6.45) is 4.11. The van der Waals surface area contributed by atoms with E-state index in [1.165, 1.54) is 6.42 Å². The van der Waals surface area contributed by atoms with Crippen molar-refractivity contribution in [2.24, 2.45) is 0 Å². The Balaban J connectivity index is 1.25. The van der Waals surface area contributed by atoms with Gasteiger partial charge in [0.2, 0.25) is 5.91 Å². The SMILES string of the molecule is O=C(CC[C@H]1COc2ccccc2O1)Nc1ccc(C(=O)N2CCCCC2)cc1. The molecule has 2 aromatic rings. The van der Waals surface area contributed by atoms with Crippen LogP contribution in [0, 0.1) is 0 Å². The van der Waals surface area contributed by atoms with Crippen LogP contribution in [0.1, 0.15) is 42.5 Å². The average Bonchev–Trinajstić information content (AvgIpc) is 2.78. The number of ether oxygens (including phenoxy) is 2. The molecule has 1 fully saturated rings. The fourth-order valence-electron chi connectivity index (χ4n) is 3.70. The number of likely N-dealkylation sites (tertiary alicyclic amines) is 1. The molecule has 1 atom stereocenters. The maximum atomic E-state index is 12.5. The van der Waals surface area contributed by atoms with Gasteiger partial charge in [-0.2, -0.15) is 0 Å². The van der Waals surface area contributed by atoms with Crippen LogP contribution >= 0.6 is 0 Å². The van der Waals surface area contributed by atoms with Gasteiger partial charge in [0.1, 0.15) is 12.7 Å². The van der Waals surface area contributed by atoms with E-state index in [0.29, 0.717) is 30.7 Å². The van der Waals surface area contributed by atoms with E-state index in [1.54, 1.807) is 24.3 Å². The van der Waals surface area contributed by atoms with Gasteiger partial charge in [-0.3, -0.25) is 9.59 Å². The number of nitrogens with zero attached hydrogens (tertiary/aromatic N) is 1. The number of rotatable bonds is 5. The molecule has 0 saturated carbocycles. The van der Waals surface area contributed by atoms with Gasteiger partial charge in [-0.15, -0.1) is 0 Å². The Morgan fingerprint density at radius 1 is 0.966 bits per heavy atom. The largest absolute Gasteiger partial charge is 0.486 e. The maximum Gasteiger partial charge on any atom is 0.253 e. The smallest absolute Gasteiger partial charge is 0.253 e. The van der Waals surface area contributed by atoms with Gasteiger partial charge in [0.15, 0.2) is 11.5 Å². The number of amides is 2. The van der Waals surface area contributed by atoms with E-state index in [2.05, 4.69) is 5.32 Å². The van der Waals surface area contributed by atoms with Crippen molar-refractivity contribution in [1.82, 2.24) is 4.90 Å². The third kappa shape index (κ3) is 4.88. The van der Waals surface area contributed by atoms with Crippen molar-refractivity contribution in [3.05, 3.63) is 54.1 Å². The minimum atomic E-state index is -0.139. The van der Waals surface area contributed by atoms with Gasteiger partial charge >= 0.3 is 0 Å². The predicted molar refractivity (Wildman–Crippen MR) is 110 cm³/mol. The number of carbonyl (C=O) groups excluding carboxylic acids is 2. The van der Waals surface area contributed by atoms with Gasteiger partial charge in [-0.1, -0.05) is 12.1 Å². The number of hydrogen-bond acceptors (Lipinski definition) is 4. The Morgan fingerprint density at radius 2 is 1.69 bits per heavy atom. The Kier molecular flexibility index (Phi) is 5.98. The van der Waals surface area contributed by atoms with Crippen molar-refractivity contribution in [2.45, 2.75) is 38.2 Å². The highest BCUT2D eigenvalue weighted by Gasteiger charge is 2.21. The van der Waals surface area contributed by atoms with E-state index in [-0.39, 0.29) is 17.9 Å². The molecule has 0 bridgehead atoms. The monoisotopic (exact) mass is 394 g/mol. The fourth-order valence-corrected chi connectivity index (χ4v) is 3.70. The highest BCUT2D eigenvalue weighted by molar-refractivity contribution is 5.95. The summed E-state index contributed by atoms with van der Waals surface area (Å²) in [7, 11) is 0. The lowest BCUT2D eigenvalue weighted by atomic mass is 10.1. The highest BCUT2D eigenvalue weighted by Crippen LogP contribution is 2.31. The molecule has 0 radical (unpaired) electrons. The van der Waals surface area contributed by atoms with E-state index in [9.17, 15) is 9.59 Å². The molecule has 0 spiro atoms. The zero-order valence-corrected chi connectivity index (χ0v) is 16.4. The fraction of sp³-hybridized carbons (Fsp3) is 0.391. The van der Waals surface area contributed by atoms with Crippen LogP contribution in [0.4, 0.5) is 5.69 Å². The third-order valence-electron chi connectivity index (χ3n) is 5.32. The second kappa shape index (κ2) is 8.99. The molecule has 4 rings (SSSR count). The molecule has 2 aliphatic heterocycles. The van der Waals surface area contributed by atoms with Crippen LogP contribution in [0.15, 0.2) is 48.5 Å². The topological polar surface area (TPSA) is 67.9 Å². The summed E-state index contributed by atoms with van der Waals surface area (Å²) in [5.74, 6) is 1.45. The van der Waals surface area contributed by atoms with Crippen LogP contribution in [-0.2, 0) is 4.79 Å². The average molecular weight is 394 g/mol. The first kappa shape index (κ1) is 19.3. The summed E-state index contributed by atoms with van der Waals surface area (Å²) in [6.45, 7) is 2.10. The molecule has 0 unspecified atom stereocenters. The van der Waals surface area contributed by atoms with Crippen molar-refractivity contribution in [2.75, 3.05) is 25.0 Å². The van der Waals surface area contributed by atoms with Crippen LogP contribution in [0.2, 0.25) is 0 Å². The molecule has 6 heteroatoms. The molecule has 2 aliphatic rings. The summed E-state index contributed by atoms with van der Waals surface area (Å²) in [4.78, 5) is 26.7. The Morgan fingerprint density at radius 3 is 2.45 bits per heavy atom. The van der Waals surface area contributed by atoms with Crippen LogP contribution in [0.3, 0.4) is 0 Å². The minimum absolute atomic E-state index is 0.0669. The lowest BCUT2D eigenvalue weighted by Crippen LogP contribution is -2.35. The van der Waals surface area contributed by atoms with Gasteiger partial charge in [0.25, 0.3) is 5.91 Å². The van der Waals surface area contributed by atoms with Crippen molar-refractivity contribution < 1.29 is 19.1 Å². The molecule has 1 saturated heterocycles. The van der Waals surface area contributed by atoms with Crippen molar-refractivity contribution in [3.63, 3.8) is 0 Å². The lowest BCUT2D eigenvalue weighted by molar-refractivity contribution is -0.116. The summed E-state index contributed by atoms with van der Waals surface area (Å²) >= 11 is 0. The molecule has 152 valence electrons. The van der Waals surface area contributed by atoms with Crippen molar-refractivity contribution >= 4 is 17.5 Å². The Labute approximate surface area is 170 Å². The molecule has 0 aliphatic carbocycles. The number of piperidine rings is 1. The molecular weight excluding hydrogens is 368 g/mol. The first-order chi connectivity index (χ1) is 14.2. The number of carbonyl (C=O) groups is 2. The molecule has 6 nitrogen and oxygen atoms in total. The Bertz CT molecular complexity index is 859. The Hall–Kier alpha value is -3.02. The zero-order chi connectivity index (χ0) is 20.1. The molecule has 1 N–H and O–H groups in total. The third-order valence-corrected chi connectivity index (χ3v) is 5.32. The van der Waals surface area contributed by atoms with E-state index in [4.69, 9.17) is 9.47 Å². The number of hydrogen-bond donors (Lipinski definition) is 1. The van der Waals surface area contributed by atoms with Crippen LogP contribution < -0.4 is 14.8 Å². The minimum Gasteiger partial charge on any atom is -0.486 e. The van der Waals surface area contributed by atoms with E-state index >= 15 is 0 Å². The molecule has 2 aromatic carbocycles. The van der Waals surface area contributed by atoms with Gasteiger partial charge in [-0.25, -0.2) is 0 Å². The van der Waals surface area contributed by atoms with Crippen LogP contribution in [0.5, 0.6) is 11.5 Å². The van der Waals surface area contributed by atoms with E-state index in [1.807, 2.05) is 29.2 Å². The summed E-state index contributed by atoms with van der Waals surface area (Å²) in [5.41, 5.74) is 1.35. The number of fused-ring (bicyclic) bond motifs is 1. The molecule has 29 heavy (non-hydrogen) atoms. The van der Waals surface area contributed by atoms with E-state index in [0.717, 1.165) is 37.4 Å². The molecule has 2 amide bonds. The van der Waals surface area contributed by atoms with Crippen molar-refractivity contribution in [1.29, 1.82) is 0 Å². The first-order valence-corrected chi connectivity index (χ1v) is 10.3. The second-order valence-electron chi connectivity index (χ2n) is 7.51.